The number of hydrogen-bond donors (Lipinski definition) is 0. The first-order valence-electron chi connectivity index (χ1n) is 18.5. The Labute approximate surface area is 272 Å². The van der Waals surface area contributed by atoms with Crippen LogP contribution in [0.25, 0.3) is 0 Å². The second-order valence-electron chi connectivity index (χ2n) is 17.1. The molecule has 6 heteroatoms. The van der Waals surface area contributed by atoms with Crippen molar-refractivity contribution in [3.8, 4) is 0 Å². The number of piperidine rings is 4. The molecule has 10 atom stereocenters. The molecule has 0 amide bonds. The van der Waals surface area contributed by atoms with E-state index in [0.29, 0.717) is 23.4 Å². The molecule has 8 heterocycles. The number of rotatable bonds is 1. The Hall–Kier alpha value is -2.83. The molecule has 2 aromatic carbocycles. The second-order valence-corrected chi connectivity index (χ2v) is 17.1. The van der Waals surface area contributed by atoms with Crippen LogP contribution in [0.1, 0.15) is 75.5 Å². The lowest BCUT2D eigenvalue weighted by atomic mass is 9.50. The Morgan fingerprint density at radius 3 is 2.63 bits per heavy atom. The molecule has 4 spiro atoms. The molecule has 12 rings (SSSR count). The predicted octanol–water partition coefficient (Wildman–Crippen LogP) is 5.34. The maximum absolute atomic E-state index is 14.3. The van der Waals surface area contributed by atoms with E-state index in [0.717, 1.165) is 32.5 Å². The second kappa shape index (κ2) is 7.73. The van der Waals surface area contributed by atoms with Crippen LogP contribution < -0.4 is 9.80 Å². The highest BCUT2D eigenvalue weighted by Crippen LogP contribution is 2.83. The Morgan fingerprint density at radius 1 is 0.935 bits per heavy atom. The third-order valence-corrected chi connectivity index (χ3v) is 17.0. The summed E-state index contributed by atoms with van der Waals surface area (Å²) in [6.45, 7) is 10.6. The van der Waals surface area contributed by atoms with Crippen molar-refractivity contribution in [2.75, 3.05) is 49.6 Å². The number of nitrogens with zero attached hydrogens (tertiary/aromatic N) is 4. The maximum Gasteiger partial charge on any atom is 0.329 e. The van der Waals surface area contributed by atoms with Gasteiger partial charge in [0.15, 0.2) is 0 Å². The Kier molecular flexibility index (Phi) is 4.40. The van der Waals surface area contributed by atoms with Gasteiger partial charge in [0.1, 0.15) is 6.04 Å². The topological polar surface area (TPSA) is 39.3 Å². The van der Waals surface area contributed by atoms with Gasteiger partial charge in [-0.3, -0.25) is 9.80 Å². The zero-order valence-corrected chi connectivity index (χ0v) is 27.6. The molecule has 238 valence electrons. The first kappa shape index (κ1) is 26.2. The number of fused-ring (bicyclic) bond motifs is 3. The first-order chi connectivity index (χ1) is 22.5. The lowest BCUT2D eigenvalue weighted by Crippen LogP contribution is -2.81. The van der Waals surface area contributed by atoms with E-state index in [9.17, 15) is 4.79 Å². The summed E-state index contributed by atoms with van der Waals surface area (Å²) in [5.74, 6) is 0.810. The molecule has 46 heavy (non-hydrogen) atoms. The summed E-state index contributed by atoms with van der Waals surface area (Å²) < 4.78 is 5.77. The summed E-state index contributed by atoms with van der Waals surface area (Å²) in [6.07, 6.45) is 11.3. The average molecular weight is 615 g/mol. The van der Waals surface area contributed by atoms with Crippen LogP contribution in [0, 0.1) is 17.3 Å². The van der Waals surface area contributed by atoms with Crippen molar-refractivity contribution in [3.05, 3.63) is 70.8 Å². The zero-order valence-electron chi connectivity index (χ0n) is 27.6. The van der Waals surface area contributed by atoms with Gasteiger partial charge in [-0.2, -0.15) is 0 Å². The van der Waals surface area contributed by atoms with Gasteiger partial charge >= 0.3 is 5.97 Å². The van der Waals surface area contributed by atoms with Crippen molar-refractivity contribution >= 4 is 17.3 Å². The van der Waals surface area contributed by atoms with Gasteiger partial charge in [-0.1, -0.05) is 55.0 Å². The van der Waals surface area contributed by atoms with Crippen molar-refractivity contribution in [2.24, 2.45) is 17.3 Å². The number of para-hydroxylation sites is 2. The highest BCUT2D eigenvalue weighted by atomic mass is 16.5. The highest BCUT2D eigenvalue weighted by Gasteiger charge is 2.87. The van der Waals surface area contributed by atoms with Crippen LogP contribution in [0.4, 0.5) is 11.4 Å². The Bertz CT molecular complexity index is 1820. The van der Waals surface area contributed by atoms with Crippen molar-refractivity contribution in [2.45, 2.75) is 98.8 Å². The van der Waals surface area contributed by atoms with Crippen molar-refractivity contribution < 1.29 is 9.53 Å². The molecule has 8 aliphatic heterocycles. The number of allylic oxidation sites excluding steroid dienone is 1. The quantitative estimate of drug-likeness (QED) is 0.319. The zero-order chi connectivity index (χ0) is 30.6. The van der Waals surface area contributed by atoms with Crippen molar-refractivity contribution in [1.82, 2.24) is 9.80 Å². The number of esters is 1. The molecule has 10 aliphatic rings. The fraction of sp³-hybridized carbons (Fsp3) is 0.625. The van der Waals surface area contributed by atoms with Gasteiger partial charge in [0.2, 0.25) is 0 Å². The van der Waals surface area contributed by atoms with Gasteiger partial charge in [0.05, 0.1) is 18.2 Å². The Balaban J connectivity index is 1.20. The van der Waals surface area contributed by atoms with Crippen LogP contribution in [0.3, 0.4) is 0 Å². The highest BCUT2D eigenvalue weighted by molar-refractivity contribution is 5.90. The smallest absolute Gasteiger partial charge is 0.329 e. The number of methoxy groups -OCH3 is 1. The minimum atomic E-state index is -0.311. The normalized spacial score (nSPS) is 48.7. The van der Waals surface area contributed by atoms with E-state index >= 15 is 0 Å². The van der Waals surface area contributed by atoms with E-state index < -0.39 is 0 Å². The molecule has 0 N–H and O–H groups in total. The van der Waals surface area contributed by atoms with E-state index in [2.05, 4.69) is 82.0 Å². The molecular weight excluding hydrogens is 568 g/mol. The van der Waals surface area contributed by atoms with Crippen LogP contribution in [0.5, 0.6) is 0 Å². The number of hydrogen-bond acceptors (Lipinski definition) is 6. The van der Waals surface area contributed by atoms with Gasteiger partial charge in [-0.15, -0.1) is 0 Å². The summed E-state index contributed by atoms with van der Waals surface area (Å²) in [7, 11) is 1.61. The van der Waals surface area contributed by atoms with E-state index in [1.54, 1.807) is 18.4 Å². The lowest BCUT2D eigenvalue weighted by molar-refractivity contribution is -0.148. The van der Waals surface area contributed by atoms with E-state index in [-0.39, 0.29) is 39.8 Å². The van der Waals surface area contributed by atoms with Gasteiger partial charge in [0.25, 0.3) is 0 Å². The number of benzene rings is 2. The molecule has 6 nitrogen and oxygen atoms in total. The first-order valence-corrected chi connectivity index (χ1v) is 18.5. The van der Waals surface area contributed by atoms with Gasteiger partial charge in [-0.05, 0) is 100 Å². The number of carbonyl (C=O) groups is 1. The minimum Gasteiger partial charge on any atom is -0.467 e. The average Bonchev–Trinajstić information content (AvgIpc) is 3.82. The fourth-order valence-corrected chi connectivity index (χ4v) is 16.1. The third kappa shape index (κ3) is 2.17. The van der Waals surface area contributed by atoms with E-state index in [1.807, 2.05) is 0 Å². The van der Waals surface area contributed by atoms with Crippen LogP contribution in [0.15, 0.2) is 54.1 Å². The van der Waals surface area contributed by atoms with E-state index in [1.165, 1.54) is 67.6 Å². The lowest BCUT2D eigenvalue weighted by Gasteiger charge is -2.71. The Morgan fingerprint density at radius 2 is 1.76 bits per heavy atom. The van der Waals surface area contributed by atoms with Crippen LogP contribution in [0.2, 0.25) is 0 Å². The van der Waals surface area contributed by atoms with Crippen LogP contribution >= 0.6 is 0 Å². The molecule has 7 fully saturated rings. The van der Waals surface area contributed by atoms with Crippen LogP contribution in [-0.2, 0) is 25.9 Å². The maximum atomic E-state index is 14.3. The standard InChI is InChI=1S/C40H46N4O2/c1-4-25-22-42-19-16-37-23-43-33-28(38-17-20-41-18-8-13-36(35(38)41)14-15-39(38,43)24(36)2)10-7-11-29(33)40(37)31(42)21-26(25)32(34(45)46-3)44(40)30-12-6-5-9-27(30)37/h4-7,9-12,24,26,31-32,35H,8,13-23H2,1-3H3/b25-4-/t24?,26-,31+,32+,35+,36+,37+,38-,39+,40-/m1/s1. The van der Waals surface area contributed by atoms with Crippen LogP contribution in [-0.4, -0.2) is 79.3 Å². The third-order valence-electron chi connectivity index (χ3n) is 17.0. The van der Waals surface area contributed by atoms with E-state index in [4.69, 9.17) is 4.74 Å². The monoisotopic (exact) mass is 614 g/mol. The predicted molar refractivity (Wildman–Crippen MR) is 178 cm³/mol. The fourth-order valence-electron chi connectivity index (χ4n) is 16.1. The SMILES string of the molecule is C/C=C1/CN2CC[C@@]34CN5c6c(cccc6[C@@]67CCN8CCC[C@@]9(CC[C@@]56C9C)[C@H]87)[C@@]35[C@@H]2C[C@H]1[C@@H](C(=O)OC)N5c1ccccc14. The molecule has 4 bridgehead atoms. The molecule has 5 saturated heterocycles. The number of ether oxygens (including phenoxy) is 1. The van der Waals surface area contributed by atoms with Gasteiger partial charge < -0.3 is 14.5 Å². The number of anilines is 2. The van der Waals surface area contributed by atoms with Gasteiger partial charge in [0, 0.05) is 58.9 Å². The summed E-state index contributed by atoms with van der Waals surface area (Å²) >= 11 is 0. The molecule has 0 aromatic heterocycles. The summed E-state index contributed by atoms with van der Waals surface area (Å²) in [6, 6.07) is 17.6. The molecule has 2 saturated carbocycles. The molecule has 2 aliphatic carbocycles. The molecule has 2 aromatic rings. The van der Waals surface area contributed by atoms with Gasteiger partial charge in [-0.25, -0.2) is 4.79 Å². The van der Waals surface area contributed by atoms with Crippen molar-refractivity contribution in [3.63, 3.8) is 0 Å². The summed E-state index contributed by atoms with van der Waals surface area (Å²) in [5, 5.41) is 0. The summed E-state index contributed by atoms with van der Waals surface area (Å²) in [5.41, 5.74) is 9.51. The minimum absolute atomic E-state index is 0.0614. The molecular formula is C40H46N4O2. The van der Waals surface area contributed by atoms with Crippen molar-refractivity contribution in [1.29, 1.82) is 0 Å². The number of carbonyl (C=O) groups excluding carboxylic acids is 1. The molecule has 1 unspecified atom stereocenters. The summed E-state index contributed by atoms with van der Waals surface area (Å²) in [4.78, 5) is 25.9. The molecule has 0 radical (unpaired) electrons. The largest absolute Gasteiger partial charge is 0.467 e.